The summed E-state index contributed by atoms with van der Waals surface area (Å²) in [5.41, 5.74) is 7.52. The number of fused-ring (bicyclic) bond motifs is 2. The van der Waals surface area contributed by atoms with Crippen LogP contribution in [0.5, 0.6) is 0 Å². The second kappa shape index (κ2) is 7.71. The smallest absolute Gasteiger partial charge is 0.194 e. The van der Waals surface area contributed by atoms with Crippen LogP contribution in [0, 0.1) is 0 Å². The molecule has 3 aliphatic rings. The lowest BCUT2D eigenvalue weighted by molar-refractivity contribution is -0.428. The van der Waals surface area contributed by atoms with Gasteiger partial charge in [-0.3, -0.25) is 0 Å². The van der Waals surface area contributed by atoms with E-state index in [-0.39, 0.29) is 5.41 Å². The Kier molecular flexibility index (Phi) is 5.21. The van der Waals surface area contributed by atoms with Gasteiger partial charge in [0.15, 0.2) is 20.9 Å². The Morgan fingerprint density at radius 1 is 1.07 bits per heavy atom. The van der Waals surface area contributed by atoms with Crippen molar-refractivity contribution in [1.29, 1.82) is 0 Å². The Labute approximate surface area is 185 Å². The fraction of sp³-hybridized carbons (Fsp3) is 0.435. The van der Waals surface area contributed by atoms with Crippen LogP contribution in [0.3, 0.4) is 0 Å². The average Bonchev–Trinajstić information content (AvgIpc) is 3.41. The number of nitrogens with zero attached hydrogens (tertiary/aromatic N) is 3. The number of para-hydroxylation sites is 1. The van der Waals surface area contributed by atoms with Gasteiger partial charge in [0.2, 0.25) is 5.69 Å². The summed E-state index contributed by atoms with van der Waals surface area (Å²) in [7, 11) is 0. The molecular formula is C23H26N3S3+. The van der Waals surface area contributed by atoms with Crippen molar-refractivity contribution in [2.24, 2.45) is 0 Å². The van der Waals surface area contributed by atoms with Gasteiger partial charge < -0.3 is 0 Å². The van der Waals surface area contributed by atoms with Gasteiger partial charge in [-0.1, -0.05) is 53.1 Å². The van der Waals surface area contributed by atoms with Crippen molar-refractivity contribution in [2.75, 3.05) is 12.8 Å². The van der Waals surface area contributed by atoms with Gasteiger partial charge in [0.25, 0.3) is 0 Å². The van der Waals surface area contributed by atoms with E-state index in [1.54, 1.807) is 23.1 Å². The van der Waals surface area contributed by atoms with Gasteiger partial charge in [0.1, 0.15) is 0 Å². The van der Waals surface area contributed by atoms with Crippen LogP contribution in [0.2, 0.25) is 0 Å². The molecule has 1 aromatic carbocycles. The molecule has 0 amide bonds. The minimum absolute atomic E-state index is 0.0773. The van der Waals surface area contributed by atoms with E-state index in [4.69, 9.17) is 0 Å². The summed E-state index contributed by atoms with van der Waals surface area (Å²) >= 11 is 5.24. The van der Waals surface area contributed by atoms with Crippen molar-refractivity contribution < 1.29 is 4.58 Å². The van der Waals surface area contributed by atoms with Gasteiger partial charge in [0.05, 0.1) is 5.41 Å². The normalized spacial score (nSPS) is 21.8. The van der Waals surface area contributed by atoms with Gasteiger partial charge in [-0.25, -0.2) is 0 Å². The third-order valence-corrected chi connectivity index (χ3v) is 9.38. The standard InChI is InChI=1S/C23H26N3S3/c1-23(2)17-9-5-6-10-18(17)26-13-12-16(20(23)26)14-15-8-4-7-11-19(15)28-22-25-24-21(27-3)29-22/h5-6,9-10,14H,4,7-8,11-13H2,1-3H3/q+1/b16-14+. The first-order chi connectivity index (χ1) is 14.1. The third-order valence-electron chi connectivity index (χ3n) is 6.22. The van der Waals surface area contributed by atoms with Crippen molar-refractivity contribution in [1.82, 2.24) is 10.2 Å². The summed E-state index contributed by atoms with van der Waals surface area (Å²) in [5.74, 6) is 0. The van der Waals surface area contributed by atoms with Gasteiger partial charge in [-0.2, -0.15) is 4.58 Å². The fourth-order valence-electron chi connectivity index (χ4n) is 4.93. The molecule has 0 radical (unpaired) electrons. The topological polar surface area (TPSA) is 28.8 Å². The van der Waals surface area contributed by atoms with E-state index in [9.17, 15) is 0 Å². The SMILES string of the molecule is CSc1nnc(SC2=C(/C=C3\CC[N+]4=C3C(C)(C)c3ccccc34)CCCC2)s1. The zero-order chi connectivity index (χ0) is 20.0. The molecule has 0 N–H and O–H groups in total. The first kappa shape index (κ1) is 19.6. The quantitative estimate of drug-likeness (QED) is 0.396. The molecule has 3 heterocycles. The Morgan fingerprint density at radius 3 is 2.69 bits per heavy atom. The van der Waals surface area contributed by atoms with E-state index < -0.39 is 0 Å². The zero-order valence-electron chi connectivity index (χ0n) is 17.2. The lowest BCUT2D eigenvalue weighted by Crippen LogP contribution is -2.27. The number of allylic oxidation sites excluding steroid dienone is 3. The van der Waals surface area contributed by atoms with Gasteiger partial charge in [-0.05, 0) is 62.3 Å². The molecule has 2 aromatic rings. The highest BCUT2D eigenvalue weighted by Crippen LogP contribution is 2.46. The Hall–Kier alpha value is -1.37. The van der Waals surface area contributed by atoms with E-state index >= 15 is 0 Å². The molecular weight excluding hydrogens is 414 g/mol. The van der Waals surface area contributed by atoms with Crippen LogP contribution >= 0.6 is 34.9 Å². The molecule has 5 rings (SSSR count). The minimum atomic E-state index is 0.0773. The fourth-order valence-corrected chi connectivity index (χ4v) is 7.63. The Bertz CT molecular complexity index is 1060. The first-order valence-electron chi connectivity index (χ1n) is 10.3. The highest BCUT2D eigenvalue weighted by atomic mass is 32.2. The van der Waals surface area contributed by atoms with Crippen LogP contribution in [-0.2, 0) is 5.41 Å². The number of thioether (sulfide) groups is 2. The predicted octanol–water partition coefficient (Wildman–Crippen LogP) is 6.59. The molecule has 6 heteroatoms. The summed E-state index contributed by atoms with van der Waals surface area (Å²) in [5, 5.41) is 8.67. The van der Waals surface area contributed by atoms with E-state index in [0.29, 0.717) is 0 Å². The molecule has 0 fully saturated rings. The van der Waals surface area contributed by atoms with Crippen molar-refractivity contribution in [3.63, 3.8) is 0 Å². The Morgan fingerprint density at radius 2 is 1.86 bits per heavy atom. The monoisotopic (exact) mass is 440 g/mol. The van der Waals surface area contributed by atoms with Crippen molar-refractivity contribution in [3.05, 3.63) is 52.0 Å². The number of benzene rings is 1. The molecule has 0 bridgehead atoms. The van der Waals surface area contributed by atoms with Gasteiger partial charge >= 0.3 is 0 Å². The molecule has 29 heavy (non-hydrogen) atoms. The summed E-state index contributed by atoms with van der Waals surface area (Å²) in [6, 6.07) is 8.93. The molecule has 0 unspecified atom stereocenters. The molecule has 1 aliphatic carbocycles. The molecule has 150 valence electrons. The lowest BCUT2D eigenvalue weighted by atomic mass is 9.78. The summed E-state index contributed by atoms with van der Waals surface area (Å²) < 4.78 is 4.69. The second-order valence-corrected chi connectivity index (χ2v) is 11.7. The maximum atomic E-state index is 4.39. The van der Waals surface area contributed by atoms with Gasteiger partial charge in [-0.15, -0.1) is 10.2 Å². The number of hydrogen-bond donors (Lipinski definition) is 0. The predicted molar refractivity (Wildman–Crippen MR) is 125 cm³/mol. The average molecular weight is 441 g/mol. The van der Waals surface area contributed by atoms with E-state index in [0.717, 1.165) is 21.6 Å². The van der Waals surface area contributed by atoms with Crippen LogP contribution in [0.4, 0.5) is 5.69 Å². The van der Waals surface area contributed by atoms with Crippen LogP contribution in [0.1, 0.15) is 51.5 Å². The highest BCUT2D eigenvalue weighted by Gasteiger charge is 2.49. The highest BCUT2D eigenvalue weighted by molar-refractivity contribution is 8.05. The van der Waals surface area contributed by atoms with Crippen molar-refractivity contribution in [2.45, 2.75) is 60.0 Å². The second-order valence-electron chi connectivity index (χ2n) is 8.36. The lowest BCUT2D eigenvalue weighted by Gasteiger charge is -2.20. The minimum Gasteiger partial charge on any atom is -0.194 e. The van der Waals surface area contributed by atoms with Crippen LogP contribution in [-0.4, -0.2) is 33.3 Å². The molecule has 1 aromatic heterocycles. The van der Waals surface area contributed by atoms with Crippen LogP contribution in [0.15, 0.2) is 55.1 Å². The third kappa shape index (κ3) is 3.43. The summed E-state index contributed by atoms with van der Waals surface area (Å²) in [4.78, 5) is 1.50. The summed E-state index contributed by atoms with van der Waals surface area (Å²) in [6.45, 7) is 5.87. The first-order valence-corrected chi connectivity index (χ1v) is 13.2. The molecule has 0 spiro atoms. The molecule has 0 atom stereocenters. The van der Waals surface area contributed by atoms with E-state index in [1.807, 2.05) is 11.8 Å². The molecule has 0 saturated heterocycles. The number of rotatable bonds is 4. The number of hydrogen-bond acceptors (Lipinski definition) is 5. The van der Waals surface area contributed by atoms with Crippen LogP contribution in [0.25, 0.3) is 0 Å². The maximum Gasteiger partial charge on any atom is 0.209 e. The largest absolute Gasteiger partial charge is 0.209 e. The summed E-state index contributed by atoms with van der Waals surface area (Å²) in [6.07, 6.45) is 10.7. The van der Waals surface area contributed by atoms with Crippen LogP contribution < -0.4 is 0 Å². The molecule has 0 saturated carbocycles. The van der Waals surface area contributed by atoms with E-state index in [1.165, 1.54) is 58.7 Å². The maximum absolute atomic E-state index is 4.39. The molecule has 2 aliphatic heterocycles. The Balaban J connectivity index is 1.51. The molecule has 3 nitrogen and oxygen atoms in total. The van der Waals surface area contributed by atoms with E-state index in [2.05, 4.69) is 65.2 Å². The zero-order valence-corrected chi connectivity index (χ0v) is 19.6. The van der Waals surface area contributed by atoms with Crippen molar-refractivity contribution in [3.8, 4) is 0 Å². The van der Waals surface area contributed by atoms with Crippen molar-refractivity contribution >= 4 is 46.3 Å². The number of aromatic nitrogens is 2. The van der Waals surface area contributed by atoms with Gasteiger partial charge in [0, 0.05) is 23.6 Å².